The molecule has 0 saturated heterocycles. The molecule has 1 N–H and O–H groups in total. The van der Waals surface area contributed by atoms with Crippen LogP contribution in [0.2, 0.25) is 0 Å². The van der Waals surface area contributed by atoms with E-state index in [0.29, 0.717) is 12.3 Å². The van der Waals surface area contributed by atoms with Crippen molar-refractivity contribution in [1.29, 1.82) is 0 Å². The predicted molar refractivity (Wildman–Crippen MR) is 66.6 cm³/mol. The second kappa shape index (κ2) is 5.17. The van der Waals surface area contributed by atoms with E-state index in [4.69, 9.17) is 0 Å². The van der Waals surface area contributed by atoms with Crippen LogP contribution in [0.5, 0.6) is 0 Å². The molecule has 2 unspecified atom stereocenters. The summed E-state index contributed by atoms with van der Waals surface area (Å²) in [6.45, 7) is 5.19. The number of hydrogen-bond acceptors (Lipinski definition) is 3. The lowest BCUT2D eigenvalue weighted by molar-refractivity contribution is -0.00119. The van der Waals surface area contributed by atoms with Crippen molar-refractivity contribution in [1.82, 2.24) is 14.8 Å². The maximum Gasteiger partial charge on any atom is 0.138 e. The van der Waals surface area contributed by atoms with Crippen molar-refractivity contribution in [3.8, 4) is 0 Å². The summed E-state index contributed by atoms with van der Waals surface area (Å²) in [5.41, 5.74) is -0.548. The van der Waals surface area contributed by atoms with Gasteiger partial charge in [0.05, 0.1) is 5.60 Å². The van der Waals surface area contributed by atoms with E-state index in [1.165, 1.54) is 0 Å². The molecule has 1 saturated carbocycles. The Bertz CT molecular complexity index is 363. The normalized spacial score (nSPS) is 28.8. The highest BCUT2D eigenvalue weighted by molar-refractivity contribution is 5.00. The second-order valence-corrected chi connectivity index (χ2v) is 5.18. The minimum Gasteiger partial charge on any atom is -0.389 e. The lowest BCUT2D eigenvalue weighted by atomic mass is 9.85. The highest BCUT2D eigenvalue weighted by atomic mass is 16.3. The highest BCUT2D eigenvalue weighted by Crippen LogP contribution is 2.39. The highest BCUT2D eigenvalue weighted by Gasteiger charge is 2.40. The molecule has 1 heterocycles. The van der Waals surface area contributed by atoms with Crippen LogP contribution in [0, 0.1) is 5.92 Å². The predicted octanol–water partition coefficient (Wildman–Crippen LogP) is 2.17. The summed E-state index contributed by atoms with van der Waals surface area (Å²) in [6, 6.07) is 0. The topological polar surface area (TPSA) is 50.9 Å². The quantitative estimate of drug-likeness (QED) is 0.854. The molecule has 2 atom stereocenters. The number of aryl methyl sites for hydroxylation is 1. The zero-order valence-electron chi connectivity index (χ0n) is 10.9. The van der Waals surface area contributed by atoms with E-state index < -0.39 is 5.60 Å². The first-order valence-corrected chi connectivity index (χ1v) is 6.78. The molecule has 0 bridgehead atoms. The summed E-state index contributed by atoms with van der Waals surface area (Å²) in [4.78, 5) is 4.30. The Labute approximate surface area is 103 Å². The van der Waals surface area contributed by atoms with Crippen LogP contribution in [0.3, 0.4) is 0 Å². The van der Waals surface area contributed by atoms with Crippen molar-refractivity contribution < 1.29 is 5.11 Å². The third kappa shape index (κ3) is 2.51. The lowest BCUT2D eigenvalue weighted by Gasteiger charge is -2.29. The van der Waals surface area contributed by atoms with Gasteiger partial charge in [0, 0.05) is 13.0 Å². The third-order valence-corrected chi connectivity index (χ3v) is 4.01. The number of rotatable bonds is 5. The van der Waals surface area contributed by atoms with Gasteiger partial charge in [-0.25, -0.2) is 4.98 Å². The molecule has 1 fully saturated rings. The van der Waals surface area contributed by atoms with Crippen molar-refractivity contribution in [2.45, 2.75) is 64.5 Å². The summed E-state index contributed by atoms with van der Waals surface area (Å²) in [5.74, 6) is 1.36. The van der Waals surface area contributed by atoms with E-state index in [9.17, 15) is 5.11 Å². The van der Waals surface area contributed by atoms with Crippen LogP contribution in [-0.2, 0) is 13.0 Å². The summed E-state index contributed by atoms with van der Waals surface area (Å²) in [7, 11) is 0. The molecule has 0 radical (unpaired) electrons. The van der Waals surface area contributed by atoms with Crippen LogP contribution in [-0.4, -0.2) is 25.5 Å². The summed E-state index contributed by atoms with van der Waals surface area (Å²) in [6.07, 6.45) is 7.55. The van der Waals surface area contributed by atoms with Crippen molar-refractivity contribution in [3.05, 3.63) is 12.2 Å². The maximum atomic E-state index is 10.7. The van der Waals surface area contributed by atoms with Crippen molar-refractivity contribution >= 4 is 0 Å². The number of aliphatic hydroxyl groups is 1. The summed E-state index contributed by atoms with van der Waals surface area (Å²) >= 11 is 0. The van der Waals surface area contributed by atoms with E-state index in [0.717, 1.165) is 44.5 Å². The zero-order chi connectivity index (χ0) is 12.3. The van der Waals surface area contributed by atoms with Crippen LogP contribution < -0.4 is 0 Å². The number of aromatic nitrogens is 3. The first kappa shape index (κ1) is 12.6. The van der Waals surface area contributed by atoms with Gasteiger partial charge in [0.2, 0.25) is 0 Å². The van der Waals surface area contributed by atoms with Crippen LogP contribution in [0.25, 0.3) is 0 Å². The van der Waals surface area contributed by atoms with Gasteiger partial charge in [-0.3, -0.25) is 4.68 Å². The molecule has 0 aliphatic heterocycles. The number of hydrogen-bond donors (Lipinski definition) is 1. The van der Waals surface area contributed by atoms with Crippen LogP contribution in [0.15, 0.2) is 6.33 Å². The van der Waals surface area contributed by atoms with Gasteiger partial charge in [-0.2, -0.15) is 5.10 Å². The van der Waals surface area contributed by atoms with E-state index in [-0.39, 0.29) is 0 Å². The van der Waals surface area contributed by atoms with Gasteiger partial charge >= 0.3 is 0 Å². The first-order valence-electron chi connectivity index (χ1n) is 6.78. The molecule has 0 aromatic carbocycles. The molecule has 17 heavy (non-hydrogen) atoms. The Hall–Kier alpha value is -0.900. The molecule has 2 rings (SSSR count). The molecule has 4 heteroatoms. The maximum absolute atomic E-state index is 10.7. The van der Waals surface area contributed by atoms with Crippen LogP contribution in [0.4, 0.5) is 0 Å². The van der Waals surface area contributed by atoms with Gasteiger partial charge in [0.15, 0.2) is 0 Å². The van der Waals surface area contributed by atoms with Crippen LogP contribution in [0.1, 0.15) is 51.8 Å². The molecule has 1 aromatic heterocycles. The van der Waals surface area contributed by atoms with E-state index >= 15 is 0 Å². The molecule has 0 amide bonds. The molecule has 0 spiro atoms. The number of nitrogens with zero attached hydrogens (tertiary/aromatic N) is 3. The van der Waals surface area contributed by atoms with Gasteiger partial charge in [-0.05, 0) is 25.2 Å². The molecule has 1 aromatic rings. The molecule has 1 aliphatic rings. The smallest absolute Gasteiger partial charge is 0.138 e. The van der Waals surface area contributed by atoms with Gasteiger partial charge in [-0.15, -0.1) is 0 Å². The average molecular weight is 237 g/mol. The molecule has 1 aliphatic carbocycles. The summed E-state index contributed by atoms with van der Waals surface area (Å²) < 4.78 is 1.93. The fourth-order valence-electron chi connectivity index (χ4n) is 3.04. The minimum atomic E-state index is -0.548. The largest absolute Gasteiger partial charge is 0.389 e. The summed E-state index contributed by atoms with van der Waals surface area (Å²) in [5, 5.41) is 15.0. The van der Waals surface area contributed by atoms with Crippen molar-refractivity contribution in [3.63, 3.8) is 0 Å². The van der Waals surface area contributed by atoms with E-state index in [1.807, 2.05) is 4.68 Å². The van der Waals surface area contributed by atoms with Gasteiger partial charge < -0.3 is 5.11 Å². The molecular weight excluding hydrogens is 214 g/mol. The lowest BCUT2D eigenvalue weighted by Crippen LogP contribution is -2.36. The minimum absolute atomic E-state index is 0.425. The van der Waals surface area contributed by atoms with Crippen molar-refractivity contribution in [2.75, 3.05) is 0 Å². The van der Waals surface area contributed by atoms with E-state index in [1.54, 1.807) is 6.33 Å². The fraction of sp³-hybridized carbons (Fsp3) is 0.846. The fourth-order valence-corrected chi connectivity index (χ4v) is 3.04. The van der Waals surface area contributed by atoms with Gasteiger partial charge in [0.1, 0.15) is 12.2 Å². The average Bonchev–Trinajstić information content (AvgIpc) is 2.87. The Kier molecular flexibility index (Phi) is 3.82. The second-order valence-electron chi connectivity index (χ2n) is 5.18. The van der Waals surface area contributed by atoms with Gasteiger partial charge in [0.25, 0.3) is 0 Å². The monoisotopic (exact) mass is 237 g/mol. The molecule has 96 valence electrons. The Morgan fingerprint density at radius 3 is 3.06 bits per heavy atom. The van der Waals surface area contributed by atoms with E-state index in [2.05, 4.69) is 23.9 Å². The Morgan fingerprint density at radius 2 is 2.35 bits per heavy atom. The molecular formula is C13H23N3O. The Morgan fingerprint density at radius 1 is 1.53 bits per heavy atom. The molecule has 4 nitrogen and oxygen atoms in total. The first-order chi connectivity index (χ1) is 8.19. The van der Waals surface area contributed by atoms with Gasteiger partial charge in [-0.1, -0.05) is 26.7 Å². The third-order valence-electron chi connectivity index (χ3n) is 4.01. The zero-order valence-corrected chi connectivity index (χ0v) is 10.9. The SMILES string of the molecule is CCCn1ncnc1CC1(O)CCCC1CC. The Balaban J connectivity index is 2.11. The van der Waals surface area contributed by atoms with Crippen LogP contribution >= 0.6 is 0 Å². The van der Waals surface area contributed by atoms with Crippen molar-refractivity contribution in [2.24, 2.45) is 5.92 Å². The standard InChI is InChI=1S/C13H23N3O/c1-3-8-16-12(14-10-15-16)9-13(17)7-5-6-11(13)4-2/h10-11,17H,3-9H2,1-2H3.